The van der Waals surface area contributed by atoms with E-state index in [4.69, 9.17) is 10.5 Å². The fourth-order valence-corrected chi connectivity index (χ4v) is 1.71. The summed E-state index contributed by atoms with van der Waals surface area (Å²) in [5, 5.41) is 2.78. The highest BCUT2D eigenvalue weighted by atomic mass is 16.5. The lowest BCUT2D eigenvalue weighted by molar-refractivity contribution is -0.125. The third kappa shape index (κ3) is 6.94. The molecule has 0 aromatic heterocycles. The van der Waals surface area contributed by atoms with Crippen LogP contribution in [0.1, 0.15) is 37.8 Å². The van der Waals surface area contributed by atoms with Crippen molar-refractivity contribution in [3.63, 3.8) is 0 Å². The molecule has 0 bridgehead atoms. The SMILES string of the molecule is CCCCCOCC(=O)NCC(N)c1ccccc1. The van der Waals surface area contributed by atoms with Crippen LogP contribution in [-0.2, 0) is 9.53 Å². The molecule has 1 amide bonds. The largest absolute Gasteiger partial charge is 0.372 e. The summed E-state index contributed by atoms with van der Waals surface area (Å²) < 4.78 is 5.28. The van der Waals surface area contributed by atoms with Gasteiger partial charge in [-0.25, -0.2) is 0 Å². The zero-order valence-corrected chi connectivity index (χ0v) is 11.6. The Bertz CT molecular complexity index is 354. The minimum Gasteiger partial charge on any atom is -0.372 e. The minimum atomic E-state index is -0.176. The summed E-state index contributed by atoms with van der Waals surface area (Å²) in [7, 11) is 0. The van der Waals surface area contributed by atoms with Crippen molar-refractivity contribution in [2.24, 2.45) is 5.73 Å². The fraction of sp³-hybridized carbons (Fsp3) is 0.533. The second-order valence-electron chi connectivity index (χ2n) is 4.58. The molecule has 0 saturated heterocycles. The maximum atomic E-state index is 11.5. The third-order valence-corrected chi connectivity index (χ3v) is 2.87. The Morgan fingerprint density at radius 2 is 2.05 bits per heavy atom. The summed E-state index contributed by atoms with van der Waals surface area (Å²) in [5.74, 6) is -0.108. The van der Waals surface area contributed by atoms with Crippen molar-refractivity contribution >= 4 is 5.91 Å². The van der Waals surface area contributed by atoms with E-state index in [0.29, 0.717) is 13.2 Å². The molecule has 1 atom stereocenters. The van der Waals surface area contributed by atoms with Crippen LogP contribution in [-0.4, -0.2) is 25.7 Å². The third-order valence-electron chi connectivity index (χ3n) is 2.87. The first-order chi connectivity index (χ1) is 9.24. The highest BCUT2D eigenvalue weighted by molar-refractivity contribution is 5.77. The standard InChI is InChI=1S/C15H24N2O2/c1-2-3-7-10-19-12-15(18)17-11-14(16)13-8-5-4-6-9-13/h4-6,8-9,14H,2-3,7,10-12,16H2,1H3,(H,17,18). The first kappa shape index (κ1) is 15.7. The molecule has 4 nitrogen and oxygen atoms in total. The van der Waals surface area contributed by atoms with Gasteiger partial charge in [-0.3, -0.25) is 4.79 Å². The maximum Gasteiger partial charge on any atom is 0.246 e. The van der Waals surface area contributed by atoms with Crippen molar-refractivity contribution in [3.05, 3.63) is 35.9 Å². The Kier molecular flexibility index (Phi) is 7.86. The molecule has 1 aromatic rings. The average Bonchev–Trinajstić information content (AvgIpc) is 2.45. The van der Waals surface area contributed by atoms with E-state index in [1.165, 1.54) is 0 Å². The van der Waals surface area contributed by atoms with Gasteiger partial charge in [0.25, 0.3) is 0 Å². The number of rotatable bonds is 9. The Morgan fingerprint density at radius 1 is 1.32 bits per heavy atom. The van der Waals surface area contributed by atoms with E-state index in [-0.39, 0.29) is 18.6 Å². The van der Waals surface area contributed by atoms with Gasteiger partial charge in [-0.1, -0.05) is 50.1 Å². The van der Waals surface area contributed by atoms with Crippen LogP contribution in [0.15, 0.2) is 30.3 Å². The summed E-state index contributed by atoms with van der Waals surface area (Å²) in [6.45, 7) is 3.33. The monoisotopic (exact) mass is 264 g/mol. The van der Waals surface area contributed by atoms with Gasteiger partial charge in [0.05, 0.1) is 0 Å². The number of hydrogen-bond acceptors (Lipinski definition) is 3. The number of carbonyl (C=O) groups is 1. The molecule has 4 heteroatoms. The molecular formula is C15H24N2O2. The summed E-state index contributed by atoms with van der Waals surface area (Å²) in [6.07, 6.45) is 3.30. The average molecular weight is 264 g/mol. The van der Waals surface area contributed by atoms with Gasteiger partial charge in [0.2, 0.25) is 5.91 Å². The molecule has 19 heavy (non-hydrogen) atoms. The lowest BCUT2D eigenvalue weighted by atomic mass is 10.1. The molecule has 0 fully saturated rings. The van der Waals surface area contributed by atoms with Crippen LogP contribution in [0, 0.1) is 0 Å². The molecule has 1 aromatic carbocycles. The Labute approximate surface area is 115 Å². The van der Waals surface area contributed by atoms with Crippen molar-refractivity contribution in [2.45, 2.75) is 32.2 Å². The zero-order valence-electron chi connectivity index (χ0n) is 11.6. The Hall–Kier alpha value is -1.39. The molecule has 0 radical (unpaired) electrons. The van der Waals surface area contributed by atoms with Crippen molar-refractivity contribution in [1.29, 1.82) is 0 Å². The summed E-state index contributed by atoms with van der Waals surface area (Å²) >= 11 is 0. The van der Waals surface area contributed by atoms with Crippen LogP contribution in [0.25, 0.3) is 0 Å². The van der Waals surface area contributed by atoms with Gasteiger partial charge in [0, 0.05) is 19.2 Å². The predicted octanol–water partition coefficient (Wildman–Crippen LogP) is 2.01. The smallest absolute Gasteiger partial charge is 0.246 e. The van der Waals surface area contributed by atoms with Crippen LogP contribution in [0.3, 0.4) is 0 Å². The van der Waals surface area contributed by atoms with E-state index >= 15 is 0 Å². The number of nitrogens with one attached hydrogen (secondary N) is 1. The number of nitrogens with two attached hydrogens (primary N) is 1. The number of benzene rings is 1. The molecule has 0 aliphatic carbocycles. The molecule has 0 aliphatic heterocycles. The van der Waals surface area contributed by atoms with Crippen molar-refractivity contribution in [1.82, 2.24) is 5.32 Å². The Balaban J connectivity index is 2.13. The first-order valence-corrected chi connectivity index (χ1v) is 6.89. The van der Waals surface area contributed by atoms with E-state index in [0.717, 1.165) is 24.8 Å². The van der Waals surface area contributed by atoms with E-state index in [2.05, 4.69) is 12.2 Å². The highest BCUT2D eigenvalue weighted by Crippen LogP contribution is 2.07. The summed E-state index contributed by atoms with van der Waals surface area (Å²) in [6, 6.07) is 9.56. The van der Waals surface area contributed by atoms with Gasteiger partial charge in [-0.2, -0.15) is 0 Å². The number of amides is 1. The number of unbranched alkanes of at least 4 members (excludes halogenated alkanes) is 2. The lowest BCUT2D eigenvalue weighted by Gasteiger charge is -2.13. The predicted molar refractivity (Wildman–Crippen MR) is 76.7 cm³/mol. The van der Waals surface area contributed by atoms with E-state index in [9.17, 15) is 4.79 Å². The molecule has 106 valence electrons. The number of carbonyl (C=O) groups excluding carboxylic acids is 1. The van der Waals surface area contributed by atoms with Gasteiger partial charge < -0.3 is 15.8 Å². The molecule has 1 unspecified atom stereocenters. The normalized spacial score (nSPS) is 12.1. The van der Waals surface area contributed by atoms with Gasteiger partial charge in [0.15, 0.2) is 0 Å². The van der Waals surface area contributed by atoms with Crippen LogP contribution < -0.4 is 11.1 Å². The second-order valence-corrected chi connectivity index (χ2v) is 4.58. The second kappa shape index (κ2) is 9.53. The highest BCUT2D eigenvalue weighted by Gasteiger charge is 2.07. The lowest BCUT2D eigenvalue weighted by Crippen LogP contribution is -2.34. The van der Waals surface area contributed by atoms with Crippen molar-refractivity contribution < 1.29 is 9.53 Å². The van der Waals surface area contributed by atoms with Crippen LogP contribution in [0.2, 0.25) is 0 Å². The van der Waals surface area contributed by atoms with Crippen LogP contribution in [0.4, 0.5) is 0 Å². The van der Waals surface area contributed by atoms with Gasteiger partial charge in [-0.15, -0.1) is 0 Å². The van der Waals surface area contributed by atoms with E-state index in [1.54, 1.807) is 0 Å². The number of ether oxygens (including phenoxy) is 1. The van der Waals surface area contributed by atoms with Gasteiger partial charge in [-0.05, 0) is 12.0 Å². The number of hydrogen-bond donors (Lipinski definition) is 2. The quantitative estimate of drug-likeness (QED) is 0.671. The van der Waals surface area contributed by atoms with Crippen LogP contribution in [0.5, 0.6) is 0 Å². The van der Waals surface area contributed by atoms with Crippen molar-refractivity contribution in [3.8, 4) is 0 Å². The zero-order chi connectivity index (χ0) is 13.9. The Morgan fingerprint density at radius 3 is 2.74 bits per heavy atom. The molecule has 0 saturated carbocycles. The summed E-state index contributed by atoms with van der Waals surface area (Å²) in [4.78, 5) is 11.5. The molecule has 3 N–H and O–H groups in total. The topological polar surface area (TPSA) is 64.3 Å². The maximum absolute atomic E-state index is 11.5. The molecule has 0 heterocycles. The minimum absolute atomic E-state index is 0.108. The molecular weight excluding hydrogens is 240 g/mol. The van der Waals surface area contributed by atoms with Crippen molar-refractivity contribution in [2.75, 3.05) is 19.8 Å². The summed E-state index contributed by atoms with van der Waals surface area (Å²) in [5.41, 5.74) is 7.00. The van der Waals surface area contributed by atoms with Gasteiger partial charge in [0.1, 0.15) is 6.61 Å². The molecule has 0 spiro atoms. The van der Waals surface area contributed by atoms with E-state index < -0.39 is 0 Å². The fourth-order valence-electron chi connectivity index (χ4n) is 1.71. The first-order valence-electron chi connectivity index (χ1n) is 6.89. The molecule has 1 rings (SSSR count). The van der Waals surface area contributed by atoms with E-state index in [1.807, 2.05) is 30.3 Å². The van der Waals surface area contributed by atoms with Gasteiger partial charge >= 0.3 is 0 Å². The van der Waals surface area contributed by atoms with Crippen LogP contribution >= 0.6 is 0 Å². The molecule has 0 aliphatic rings.